The van der Waals surface area contributed by atoms with Crippen LogP contribution in [-0.4, -0.2) is 33.9 Å². The molecule has 1 saturated heterocycles. The summed E-state index contributed by atoms with van der Waals surface area (Å²) < 4.78 is 21.0. The summed E-state index contributed by atoms with van der Waals surface area (Å²) in [5, 5.41) is 4.45. The molecule has 0 saturated carbocycles. The van der Waals surface area contributed by atoms with Gasteiger partial charge in [-0.05, 0) is 44.4 Å². The van der Waals surface area contributed by atoms with Crippen molar-refractivity contribution in [1.82, 2.24) is 14.7 Å². The Morgan fingerprint density at radius 1 is 1.29 bits per heavy atom. The van der Waals surface area contributed by atoms with E-state index in [1.807, 2.05) is 23.0 Å². The first kappa shape index (κ1) is 17.1. The van der Waals surface area contributed by atoms with Gasteiger partial charge in [0.1, 0.15) is 5.82 Å². The number of aryl methyl sites for hydroxylation is 1. The summed E-state index contributed by atoms with van der Waals surface area (Å²) >= 11 is 0. The molecule has 1 atom stereocenters. The van der Waals surface area contributed by atoms with Gasteiger partial charge in [-0.15, -0.1) is 0 Å². The maximum absolute atomic E-state index is 13.1. The SMILES string of the molecule is CCn1ncc(CN(Cc2ccc(F)cc2)C[C@H]2CCCO2)c1C. The Morgan fingerprint density at radius 2 is 2.08 bits per heavy atom. The summed E-state index contributed by atoms with van der Waals surface area (Å²) in [6.07, 6.45) is 4.52. The van der Waals surface area contributed by atoms with Crippen LogP contribution in [0.15, 0.2) is 30.5 Å². The summed E-state index contributed by atoms with van der Waals surface area (Å²) in [4.78, 5) is 2.38. The number of ether oxygens (including phenoxy) is 1. The molecule has 0 radical (unpaired) electrons. The lowest BCUT2D eigenvalue weighted by atomic mass is 10.1. The van der Waals surface area contributed by atoms with Gasteiger partial charge in [-0.25, -0.2) is 4.39 Å². The molecule has 3 rings (SSSR count). The summed E-state index contributed by atoms with van der Waals surface area (Å²) in [5.41, 5.74) is 3.58. The summed E-state index contributed by atoms with van der Waals surface area (Å²) in [6, 6.07) is 6.78. The van der Waals surface area contributed by atoms with Gasteiger partial charge < -0.3 is 4.74 Å². The van der Waals surface area contributed by atoms with Gasteiger partial charge in [0.2, 0.25) is 0 Å². The third-order valence-corrected chi connectivity index (χ3v) is 4.70. The van der Waals surface area contributed by atoms with Crippen molar-refractivity contribution in [2.75, 3.05) is 13.2 Å². The monoisotopic (exact) mass is 331 g/mol. The van der Waals surface area contributed by atoms with Crippen LogP contribution in [0.5, 0.6) is 0 Å². The van der Waals surface area contributed by atoms with E-state index in [-0.39, 0.29) is 5.82 Å². The van der Waals surface area contributed by atoms with E-state index >= 15 is 0 Å². The topological polar surface area (TPSA) is 30.3 Å². The normalized spacial score (nSPS) is 17.8. The highest BCUT2D eigenvalue weighted by Crippen LogP contribution is 2.18. The third kappa shape index (κ3) is 4.22. The van der Waals surface area contributed by atoms with E-state index in [0.717, 1.165) is 51.2 Å². The van der Waals surface area contributed by atoms with E-state index in [1.54, 1.807) is 0 Å². The fourth-order valence-corrected chi connectivity index (χ4v) is 3.31. The summed E-state index contributed by atoms with van der Waals surface area (Å²) in [5.74, 6) is -0.190. The molecule has 130 valence electrons. The zero-order valence-electron chi connectivity index (χ0n) is 14.5. The van der Waals surface area contributed by atoms with E-state index in [9.17, 15) is 4.39 Å². The number of aromatic nitrogens is 2. The fourth-order valence-electron chi connectivity index (χ4n) is 3.31. The Labute approximate surface area is 143 Å². The molecule has 2 heterocycles. The summed E-state index contributed by atoms with van der Waals surface area (Å²) in [6.45, 7) is 8.49. The molecule has 0 aliphatic carbocycles. The van der Waals surface area contributed by atoms with Crippen LogP contribution in [0.1, 0.15) is 36.6 Å². The molecule has 2 aromatic rings. The van der Waals surface area contributed by atoms with Crippen LogP contribution >= 0.6 is 0 Å². The van der Waals surface area contributed by atoms with Crippen molar-refractivity contribution in [2.45, 2.75) is 52.4 Å². The first-order chi connectivity index (χ1) is 11.7. The molecular formula is C19H26FN3O. The van der Waals surface area contributed by atoms with Crippen molar-refractivity contribution in [3.63, 3.8) is 0 Å². The number of hydrogen-bond donors (Lipinski definition) is 0. The van der Waals surface area contributed by atoms with Crippen LogP contribution < -0.4 is 0 Å². The van der Waals surface area contributed by atoms with Gasteiger partial charge in [0.25, 0.3) is 0 Å². The van der Waals surface area contributed by atoms with Crippen LogP contribution in [0.4, 0.5) is 4.39 Å². The van der Waals surface area contributed by atoms with Gasteiger partial charge in [0, 0.05) is 44.0 Å². The number of hydrogen-bond acceptors (Lipinski definition) is 3. The third-order valence-electron chi connectivity index (χ3n) is 4.70. The average Bonchev–Trinajstić information content (AvgIpc) is 3.20. The van der Waals surface area contributed by atoms with Crippen LogP contribution in [0.2, 0.25) is 0 Å². The maximum atomic E-state index is 13.1. The lowest BCUT2D eigenvalue weighted by Gasteiger charge is -2.25. The molecule has 5 heteroatoms. The maximum Gasteiger partial charge on any atom is 0.123 e. The first-order valence-corrected chi connectivity index (χ1v) is 8.75. The van der Waals surface area contributed by atoms with E-state index in [4.69, 9.17) is 4.74 Å². The van der Waals surface area contributed by atoms with Gasteiger partial charge in [-0.2, -0.15) is 5.10 Å². The Bertz CT molecular complexity index is 647. The minimum Gasteiger partial charge on any atom is -0.377 e. The molecule has 1 aliphatic heterocycles. The van der Waals surface area contributed by atoms with Crippen molar-refractivity contribution in [1.29, 1.82) is 0 Å². The van der Waals surface area contributed by atoms with Crippen LogP contribution in [0.3, 0.4) is 0 Å². The molecule has 4 nitrogen and oxygen atoms in total. The predicted molar refractivity (Wildman–Crippen MR) is 92.1 cm³/mol. The fraction of sp³-hybridized carbons (Fsp3) is 0.526. The van der Waals surface area contributed by atoms with E-state index < -0.39 is 0 Å². The minimum absolute atomic E-state index is 0.190. The van der Waals surface area contributed by atoms with Crippen LogP contribution in [-0.2, 0) is 24.4 Å². The summed E-state index contributed by atoms with van der Waals surface area (Å²) in [7, 11) is 0. The first-order valence-electron chi connectivity index (χ1n) is 8.75. The van der Waals surface area contributed by atoms with Crippen molar-refractivity contribution >= 4 is 0 Å². The zero-order valence-corrected chi connectivity index (χ0v) is 14.5. The van der Waals surface area contributed by atoms with E-state index in [2.05, 4.69) is 23.8 Å². The highest BCUT2D eigenvalue weighted by molar-refractivity contribution is 5.18. The Morgan fingerprint density at radius 3 is 2.71 bits per heavy atom. The molecule has 0 spiro atoms. The predicted octanol–water partition coefficient (Wildman–Crippen LogP) is 3.53. The molecule has 1 fully saturated rings. The molecule has 0 N–H and O–H groups in total. The number of nitrogens with zero attached hydrogens (tertiary/aromatic N) is 3. The highest BCUT2D eigenvalue weighted by Gasteiger charge is 2.20. The van der Waals surface area contributed by atoms with Gasteiger partial charge in [-0.3, -0.25) is 9.58 Å². The largest absolute Gasteiger partial charge is 0.377 e. The van der Waals surface area contributed by atoms with Gasteiger partial charge >= 0.3 is 0 Å². The quantitative estimate of drug-likeness (QED) is 0.777. The molecule has 0 unspecified atom stereocenters. The lowest BCUT2D eigenvalue weighted by Crippen LogP contribution is -2.31. The van der Waals surface area contributed by atoms with Gasteiger partial charge in [0.15, 0.2) is 0 Å². The Balaban J connectivity index is 1.72. The smallest absolute Gasteiger partial charge is 0.123 e. The molecule has 24 heavy (non-hydrogen) atoms. The standard InChI is InChI=1S/C19H26FN3O/c1-3-23-15(2)17(11-21-23)13-22(14-19-5-4-10-24-19)12-16-6-8-18(20)9-7-16/h6-9,11,19H,3-5,10,12-14H2,1-2H3/t19-/m1/s1. The lowest BCUT2D eigenvalue weighted by molar-refractivity contribution is 0.0678. The second kappa shape index (κ2) is 7.90. The Hall–Kier alpha value is -1.72. The zero-order chi connectivity index (χ0) is 16.9. The van der Waals surface area contributed by atoms with Gasteiger partial charge in [0.05, 0.1) is 12.3 Å². The van der Waals surface area contributed by atoms with Gasteiger partial charge in [-0.1, -0.05) is 12.1 Å². The molecule has 1 aromatic heterocycles. The second-order valence-electron chi connectivity index (χ2n) is 6.50. The molecule has 1 aromatic carbocycles. The van der Waals surface area contributed by atoms with E-state index in [0.29, 0.717) is 6.10 Å². The highest BCUT2D eigenvalue weighted by atomic mass is 19.1. The van der Waals surface area contributed by atoms with Crippen molar-refractivity contribution < 1.29 is 9.13 Å². The second-order valence-corrected chi connectivity index (χ2v) is 6.50. The molecule has 0 amide bonds. The van der Waals surface area contributed by atoms with Crippen molar-refractivity contribution in [3.05, 3.63) is 53.1 Å². The minimum atomic E-state index is -0.190. The van der Waals surface area contributed by atoms with Crippen molar-refractivity contribution in [2.24, 2.45) is 0 Å². The molecular weight excluding hydrogens is 305 g/mol. The number of rotatable bonds is 7. The van der Waals surface area contributed by atoms with Crippen molar-refractivity contribution in [3.8, 4) is 0 Å². The van der Waals surface area contributed by atoms with Crippen LogP contribution in [0, 0.1) is 12.7 Å². The molecule has 1 aliphatic rings. The van der Waals surface area contributed by atoms with Crippen LogP contribution in [0.25, 0.3) is 0 Å². The number of halogens is 1. The Kier molecular flexibility index (Phi) is 5.63. The number of benzene rings is 1. The van der Waals surface area contributed by atoms with E-state index in [1.165, 1.54) is 23.4 Å². The average molecular weight is 331 g/mol. The molecule has 0 bridgehead atoms.